The van der Waals surface area contributed by atoms with E-state index in [9.17, 15) is 0 Å². The zero-order valence-corrected chi connectivity index (χ0v) is 19.5. The summed E-state index contributed by atoms with van der Waals surface area (Å²) in [6, 6.07) is 44.2. The van der Waals surface area contributed by atoms with Gasteiger partial charge in [0, 0.05) is 27.6 Å². The third-order valence-electron chi connectivity index (χ3n) is 6.72. The van der Waals surface area contributed by atoms with Crippen molar-refractivity contribution in [1.82, 2.24) is 9.61 Å². The van der Waals surface area contributed by atoms with E-state index in [4.69, 9.17) is 9.52 Å². The quantitative estimate of drug-likeness (QED) is 0.262. The molecule has 0 fully saturated rings. The Morgan fingerprint density at radius 2 is 1.22 bits per heavy atom. The average molecular weight is 463 g/mol. The standard InChI is InChI=1S/C33H22N2O/c1-3-10-23(11-4-1)29-22-27-14-7-8-15-28(27)33-31(32(34-35(29)33)26-12-5-2-6-13-26)25-19-17-24(18-20-25)30-16-9-21-36-30/h1-22H. The lowest BCUT2D eigenvalue weighted by Crippen LogP contribution is -1.95. The SMILES string of the molecule is c1ccc(-c2nn3c(-c4ccccc4)cc4ccccc4c3c2-c2ccc(-c3ccco3)cc2)cc1. The lowest BCUT2D eigenvalue weighted by molar-refractivity contribution is 0.582. The van der Waals surface area contributed by atoms with Crippen LogP contribution in [0.25, 0.3) is 61.3 Å². The van der Waals surface area contributed by atoms with Gasteiger partial charge in [-0.2, -0.15) is 5.10 Å². The zero-order valence-electron chi connectivity index (χ0n) is 19.5. The minimum absolute atomic E-state index is 0.863. The largest absolute Gasteiger partial charge is 0.464 e. The Hall–Kier alpha value is -4.89. The van der Waals surface area contributed by atoms with Crippen LogP contribution < -0.4 is 0 Å². The molecular weight excluding hydrogens is 440 g/mol. The van der Waals surface area contributed by atoms with Crippen molar-refractivity contribution in [3.05, 3.63) is 134 Å². The normalized spacial score (nSPS) is 11.3. The highest BCUT2D eigenvalue weighted by molar-refractivity contribution is 6.08. The summed E-state index contributed by atoms with van der Waals surface area (Å²) in [5, 5.41) is 7.63. The summed E-state index contributed by atoms with van der Waals surface area (Å²) >= 11 is 0. The van der Waals surface area contributed by atoms with Crippen LogP contribution in [-0.2, 0) is 0 Å². The first-order chi connectivity index (χ1) is 17.9. The first-order valence-electron chi connectivity index (χ1n) is 12.1. The lowest BCUT2D eigenvalue weighted by atomic mass is 9.96. The summed E-state index contributed by atoms with van der Waals surface area (Å²) in [6.07, 6.45) is 1.71. The molecule has 0 amide bonds. The van der Waals surface area contributed by atoms with Crippen molar-refractivity contribution in [2.75, 3.05) is 0 Å². The number of pyridine rings is 1. The molecule has 3 nitrogen and oxygen atoms in total. The average Bonchev–Trinajstić information content (AvgIpc) is 3.63. The molecule has 3 heterocycles. The minimum Gasteiger partial charge on any atom is -0.464 e. The van der Waals surface area contributed by atoms with Crippen molar-refractivity contribution in [3.8, 4) is 45.0 Å². The first kappa shape index (κ1) is 20.5. The highest BCUT2D eigenvalue weighted by Crippen LogP contribution is 2.41. The number of hydrogen-bond donors (Lipinski definition) is 0. The maximum Gasteiger partial charge on any atom is 0.133 e. The van der Waals surface area contributed by atoms with Gasteiger partial charge in [0.15, 0.2) is 0 Å². The molecule has 0 spiro atoms. The van der Waals surface area contributed by atoms with Gasteiger partial charge in [-0.25, -0.2) is 4.52 Å². The number of fused-ring (bicyclic) bond motifs is 3. The van der Waals surface area contributed by atoms with Crippen molar-refractivity contribution >= 4 is 16.3 Å². The van der Waals surface area contributed by atoms with E-state index in [0.717, 1.165) is 50.5 Å². The summed E-state index contributed by atoms with van der Waals surface area (Å²) in [4.78, 5) is 0. The van der Waals surface area contributed by atoms with E-state index in [2.05, 4.69) is 108 Å². The molecule has 36 heavy (non-hydrogen) atoms. The molecule has 3 heteroatoms. The van der Waals surface area contributed by atoms with E-state index in [-0.39, 0.29) is 0 Å². The van der Waals surface area contributed by atoms with E-state index in [1.54, 1.807) is 6.26 Å². The van der Waals surface area contributed by atoms with Gasteiger partial charge in [0.1, 0.15) is 11.5 Å². The Labute approximate surface area is 208 Å². The molecule has 170 valence electrons. The van der Waals surface area contributed by atoms with Crippen LogP contribution in [0.15, 0.2) is 138 Å². The van der Waals surface area contributed by atoms with Crippen LogP contribution in [0, 0.1) is 0 Å². The Kier molecular flexibility index (Phi) is 4.78. The number of aromatic nitrogens is 2. The van der Waals surface area contributed by atoms with Gasteiger partial charge in [0.05, 0.1) is 17.5 Å². The van der Waals surface area contributed by atoms with Crippen LogP contribution in [0.5, 0.6) is 0 Å². The molecular formula is C33H22N2O. The summed E-state index contributed by atoms with van der Waals surface area (Å²) < 4.78 is 7.74. The van der Waals surface area contributed by atoms with Crippen LogP contribution in [0.1, 0.15) is 0 Å². The second kappa shape index (κ2) is 8.40. The van der Waals surface area contributed by atoms with Gasteiger partial charge in [-0.1, -0.05) is 109 Å². The number of furan rings is 1. The molecule has 0 aliphatic rings. The van der Waals surface area contributed by atoms with Crippen molar-refractivity contribution < 1.29 is 4.42 Å². The molecule has 7 rings (SSSR count). The van der Waals surface area contributed by atoms with Gasteiger partial charge in [-0.05, 0) is 29.1 Å². The van der Waals surface area contributed by atoms with Gasteiger partial charge in [0.25, 0.3) is 0 Å². The second-order valence-electron chi connectivity index (χ2n) is 8.89. The fourth-order valence-corrected chi connectivity index (χ4v) is 5.02. The topological polar surface area (TPSA) is 30.4 Å². The van der Waals surface area contributed by atoms with E-state index in [0.29, 0.717) is 0 Å². The maximum atomic E-state index is 5.62. The van der Waals surface area contributed by atoms with Crippen LogP contribution in [0.4, 0.5) is 0 Å². The predicted octanol–water partition coefficient (Wildman–Crippen LogP) is 8.75. The van der Waals surface area contributed by atoms with Crippen molar-refractivity contribution in [2.45, 2.75) is 0 Å². The van der Waals surface area contributed by atoms with Gasteiger partial charge >= 0.3 is 0 Å². The molecule has 0 saturated carbocycles. The smallest absolute Gasteiger partial charge is 0.133 e. The maximum absolute atomic E-state index is 5.62. The lowest BCUT2D eigenvalue weighted by Gasteiger charge is -2.11. The van der Waals surface area contributed by atoms with Crippen molar-refractivity contribution in [2.24, 2.45) is 0 Å². The molecule has 0 radical (unpaired) electrons. The summed E-state index contributed by atoms with van der Waals surface area (Å²) in [6.45, 7) is 0. The third-order valence-corrected chi connectivity index (χ3v) is 6.72. The molecule has 0 atom stereocenters. The number of benzene rings is 4. The van der Waals surface area contributed by atoms with E-state index >= 15 is 0 Å². The van der Waals surface area contributed by atoms with Gasteiger partial charge in [-0.3, -0.25) is 0 Å². The zero-order chi connectivity index (χ0) is 23.9. The van der Waals surface area contributed by atoms with Crippen LogP contribution in [0.3, 0.4) is 0 Å². The van der Waals surface area contributed by atoms with Gasteiger partial charge < -0.3 is 4.42 Å². The Morgan fingerprint density at radius 3 is 1.94 bits per heavy atom. The van der Waals surface area contributed by atoms with Crippen LogP contribution in [0.2, 0.25) is 0 Å². The highest BCUT2D eigenvalue weighted by atomic mass is 16.3. The number of hydrogen-bond acceptors (Lipinski definition) is 2. The minimum atomic E-state index is 0.863. The van der Waals surface area contributed by atoms with Crippen molar-refractivity contribution in [3.63, 3.8) is 0 Å². The summed E-state index contributed by atoms with van der Waals surface area (Å²) in [5.41, 5.74) is 8.67. The molecule has 0 bridgehead atoms. The predicted molar refractivity (Wildman–Crippen MR) is 147 cm³/mol. The van der Waals surface area contributed by atoms with E-state index in [1.165, 1.54) is 10.8 Å². The van der Waals surface area contributed by atoms with E-state index < -0.39 is 0 Å². The molecule has 4 aromatic carbocycles. The Bertz CT molecular complexity index is 1800. The van der Waals surface area contributed by atoms with Gasteiger partial charge in [0.2, 0.25) is 0 Å². The Balaban J connectivity index is 1.58. The highest BCUT2D eigenvalue weighted by Gasteiger charge is 2.21. The summed E-state index contributed by atoms with van der Waals surface area (Å²) in [7, 11) is 0. The molecule has 0 aliphatic heterocycles. The monoisotopic (exact) mass is 462 g/mol. The fourth-order valence-electron chi connectivity index (χ4n) is 5.02. The molecule has 0 aliphatic carbocycles. The fraction of sp³-hybridized carbons (Fsp3) is 0. The molecule has 7 aromatic rings. The van der Waals surface area contributed by atoms with Crippen LogP contribution >= 0.6 is 0 Å². The van der Waals surface area contributed by atoms with Gasteiger partial charge in [-0.15, -0.1) is 0 Å². The number of rotatable bonds is 4. The molecule has 0 unspecified atom stereocenters. The third kappa shape index (κ3) is 3.33. The molecule has 0 N–H and O–H groups in total. The second-order valence-corrected chi connectivity index (χ2v) is 8.89. The molecule has 0 saturated heterocycles. The molecule has 3 aromatic heterocycles. The first-order valence-corrected chi connectivity index (χ1v) is 12.1. The number of nitrogens with zero attached hydrogens (tertiary/aromatic N) is 2. The van der Waals surface area contributed by atoms with Crippen LogP contribution in [-0.4, -0.2) is 9.61 Å². The Morgan fingerprint density at radius 1 is 0.556 bits per heavy atom. The van der Waals surface area contributed by atoms with E-state index in [1.807, 2.05) is 24.3 Å². The van der Waals surface area contributed by atoms with Crippen molar-refractivity contribution in [1.29, 1.82) is 0 Å². The summed E-state index contributed by atoms with van der Waals surface area (Å²) in [5.74, 6) is 0.863.